The fourth-order valence-electron chi connectivity index (χ4n) is 2.04. The molecule has 0 radical (unpaired) electrons. The van der Waals surface area contributed by atoms with Crippen molar-refractivity contribution in [3.05, 3.63) is 23.5 Å². The minimum absolute atomic E-state index is 0.0502. The maximum atomic E-state index is 11.3. The van der Waals surface area contributed by atoms with E-state index in [4.69, 9.17) is 11.5 Å². The van der Waals surface area contributed by atoms with Gasteiger partial charge < -0.3 is 22.1 Å². The van der Waals surface area contributed by atoms with E-state index in [1.807, 2.05) is 0 Å². The zero-order valence-corrected chi connectivity index (χ0v) is 11.6. The van der Waals surface area contributed by atoms with Crippen LogP contribution in [0.25, 0.3) is 11.7 Å². The van der Waals surface area contributed by atoms with Crippen molar-refractivity contribution in [1.29, 1.82) is 0 Å². The van der Waals surface area contributed by atoms with Crippen LogP contribution in [0.5, 0.6) is 0 Å². The summed E-state index contributed by atoms with van der Waals surface area (Å²) < 4.78 is 1.60. The molecule has 0 atom stereocenters. The van der Waals surface area contributed by atoms with Crippen molar-refractivity contribution in [3.8, 4) is 0 Å². The molecule has 0 saturated heterocycles. The molecule has 22 heavy (non-hydrogen) atoms. The molecule has 1 fully saturated rings. The van der Waals surface area contributed by atoms with Gasteiger partial charge in [0.15, 0.2) is 5.65 Å². The van der Waals surface area contributed by atoms with E-state index in [9.17, 15) is 9.59 Å². The van der Waals surface area contributed by atoms with E-state index in [1.54, 1.807) is 10.6 Å². The molecule has 1 aliphatic rings. The van der Waals surface area contributed by atoms with Crippen molar-refractivity contribution >= 4 is 35.7 Å². The summed E-state index contributed by atoms with van der Waals surface area (Å²) in [5, 5.41) is 9.80. The summed E-state index contributed by atoms with van der Waals surface area (Å²) in [6, 6.07) is 2.12. The Hall–Kier alpha value is -3.10. The van der Waals surface area contributed by atoms with Gasteiger partial charge in [0.25, 0.3) is 5.91 Å². The summed E-state index contributed by atoms with van der Waals surface area (Å²) in [7, 11) is 0. The van der Waals surface area contributed by atoms with Gasteiger partial charge in [0.05, 0.1) is 6.20 Å². The first-order valence-electron chi connectivity index (χ1n) is 6.71. The van der Waals surface area contributed by atoms with Gasteiger partial charge in [-0.15, -0.1) is 0 Å². The average molecular weight is 301 g/mol. The Bertz CT molecular complexity index is 776. The number of amides is 2. The van der Waals surface area contributed by atoms with Gasteiger partial charge in [0, 0.05) is 17.7 Å². The predicted molar refractivity (Wildman–Crippen MR) is 80.4 cm³/mol. The highest BCUT2D eigenvalue weighted by atomic mass is 16.2. The molecular formula is C13H15N7O2. The number of primary amides is 1. The minimum Gasteiger partial charge on any atom is -0.384 e. The zero-order valence-electron chi connectivity index (χ0n) is 11.6. The maximum Gasteiger partial charge on any atom is 0.265 e. The Morgan fingerprint density at radius 1 is 1.45 bits per heavy atom. The summed E-state index contributed by atoms with van der Waals surface area (Å²) in [5.41, 5.74) is 12.0. The number of rotatable bonds is 6. The van der Waals surface area contributed by atoms with E-state index in [2.05, 4.69) is 20.7 Å². The van der Waals surface area contributed by atoms with Gasteiger partial charge in [-0.2, -0.15) is 9.61 Å². The van der Waals surface area contributed by atoms with E-state index in [-0.39, 0.29) is 5.70 Å². The minimum atomic E-state index is -0.758. The number of carbonyl (C=O) groups excluding carboxylic acids is 2. The number of aromatic nitrogens is 3. The van der Waals surface area contributed by atoms with Crippen molar-refractivity contribution in [3.63, 3.8) is 0 Å². The highest BCUT2D eigenvalue weighted by Crippen LogP contribution is 2.26. The molecule has 3 rings (SSSR count). The smallest absolute Gasteiger partial charge is 0.265 e. The Morgan fingerprint density at radius 3 is 2.86 bits per heavy atom. The molecule has 1 aliphatic carbocycles. The van der Waals surface area contributed by atoms with Crippen molar-refractivity contribution in [2.24, 2.45) is 5.73 Å². The molecule has 6 N–H and O–H groups in total. The molecule has 2 heterocycles. The maximum absolute atomic E-state index is 11.3. The average Bonchev–Trinajstić information content (AvgIpc) is 3.19. The number of nitrogens with one attached hydrogen (secondary N) is 2. The number of nitrogens with zero attached hydrogens (tertiary/aromatic N) is 3. The summed E-state index contributed by atoms with van der Waals surface area (Å²) >= 11 is 0. The molecule has 1 saturated carbocycles. The molecule has 0 spiro atoms. The van der Waals surface area contributed by atoms with Gasteiger partial charge in [-0.05, 0) is 18.9 Å². The summed E-state index contributed by atoms with van der Waals surface area (Å²) in [4.78, 5) is 26.0. The first-order valence-corrected chi connectivity index (χ1v) is 6.71. The van der Waals surface area contributed by atoms with Crippen LogP contribution < -0.4 is 22.1 Å². The van der Waals surface area contributed by atoms with Gasteiger partial charge in [0.2, 0.25) is 6.41 Å². The highest BCUT2D eigenvalue weighted by Gasteiger charge is 2.22. The Balaban J connectivity index is 2.07. The molecule has 9 heteroatoms. The van der Waals surface area contributed by atoms with Crippen LogP contribution in [0.3, 0.4) is 0 Å². The zero-order chi connectivity index (χ0) is 15.7. The van der Waals surface area contributed by atoms with Crippen molar-refractivity contribution in [2.45, 2.75) is 18.9 Å². The largest absolute Gasteiger partial charge is 0.384 e. The monoisotopic (exact) mass is 301 g/mol. The lowest BCUT2D eigenvalue weighted by molar-refractivity contribution is -0.116. The van der Waals surface area contributed by atoms with Crippen LogP contribution in [0, 0.1) is 0 Å². The van der Waals surface area contributed by atoms with E-state index in [0.29, 0.717) is 29.5 Å². The summed E-state index contributed by atoms with van der Waals surface area (Å²) in [6.45, 7) is 0. The van der Waals surface area contributed by atoms with Gasteiger partial charge in [-0.25, -0.2) is 4.98 Å². The molecule has 2 amide bonds. The van der Waals surface area contributed by atoms with E-state index >= 15 is 0 Å². The molecule has 0 aliphatic heterocycles. The van der Waals surface area contributed by atoms with Gasteiger partial charge >= 0.3 is 0 Å². The molecule has 114 valence electrons. The van der Waals surface area contributed by atoms with Crippen molar-refractivity contribution < 1.29 is 9.59 Å². The molecule has 2 aromatic heterocycles. The fraction of sp³-hybridized carbons (Fsp3) is 0.231. The Labute approximate surface area is 125 Å². The molecule has 0 unspecified atom stereocenters. The van der Waals surface area contributed by atoms with Crippen molar-refractivity contribution in [1.82, 2.24) is 19.9 Å². The number of nitrogens with two attached hydrogens (primary N) is 2. The molecule has 9 nitrogen and oxygen atoms in total. The number of fused-ring (bicyclic) bond motifs is 1. The topological polar surface area (TPSA) is 140 Å². The lowest BCUT2D eigenvalue weighted by Crippen LogP contribution is -2.24. The number of nitrogen functional groups attached to an aromatic ring is 1. The lowest BCUT2D eigenvalue weighted by Gasteiger charge is -2.08. The SMILES string of the molecule is NC(=O)/C(=C/c1cnn2c(NC3CC3)cc(N)nc12)NC=O. The number of anilines is 2. The van der Waals surface area contributed by atoms with Gasteiger partial charge in [-0.1, -0.05) is 0 Å². The number of hydrogen-bond acceptors (Lipinski definition) is 6. The van der Waals surface area contributed by atoms with Crippen LogP contribution in [-0.4, -0.2) is 33.0 Å². The van der Waals surface area contributed by atoms with E-state index in [0.717, 1.165) is 18.7 Å². The van der Waals surface area contributed by atoms with Crippen LogP contribution >= 0.6 is 0 Å². The molecular weight excluding hydrogens is 286 g/mol. The molecule has 2 aromatic rings. The second kappa shape index (κ2) is 5.35. The molecule has 0 aromatic carbocycles. The summed E-state index contributed by atoms with van der Waals surface area (Å²) in [6.07, 6.45) is 5.52. The first kappa shape index (κ1) is 13.9. The van der Waals surface area contributed by atoms with Crippen LogP contribution in [0.2, 0.25) is 0 Å². The fourth-order valence-corrected chi connectivity index (χ4v) is 2.04. The van der Waals surface area contributed by atoms with Gasteiger partial charge in [0.1, 0.15) is 17.3 Å². The first-order chi connectivity index (χ1) is 10.6. The number of hydrogen-bond donors (Lipinski definition) is 4. The standard InChI is InChI=1S/C13H15N7O2/c14-10-4-11(18-8-1-2-8)20-13(19-10)7(5-17-20)3-9(12(15)22)16-6-21/h3-6,8,18H,1-2H2,(H2,14,19)(H2,15,22)(H,16,21)/b9-3-. The third-order valence-electron chi connectivity index (χ3n) is 3.23. The van der Waals surface area contributed by atoms with Crippen molar-refractivity contribution in [2.75, 3.05) is 11.1 Å². The van der Waals surface area contributed by atoms with Crippen LogP contribution in [0.15, 0.2) is 18.0 Å². The normalized spacial score (nSPS) is 14.8. The van der Waals surface area contributed by atoms with E-state index < -0.39 is 5.91 Å². The second-order valence-corrected chi connectivity index (χ2v) is 5.00. The Morgan fingerprint density at radius 2 is 2.23 bits per heavy atom. The van der Waals surface area contributed by atoms with E-state index in [1.165, 1.54) is 12.3 Å². The van der Waals surface area contributed by atoms with Crippen LogP contribution in [0.1, 0.15) is 18.4 Å². The lowest BCUT2D eigenvalue weighted by atomic mass is 10.2. The third-order valence-corrected chi connectivity index (χ3v) is 3.23. The Kier molecular flexibility index (Phi) is 3.37. The number of carbonyl (C=O) groups is 2. The quantitative estimate of drug-likeness (QED) is 0.417. The highest BCUT2D eigenvalue weighted by molar-refractivity contribution is 5.98. The molecule has 0 bridgehead atoms. The van der Waals surface area contributed by atoms with Crippen LogP contribution in [-0.2, 0) is 9.59 Å². The second-order valence-electron chi connectivity index (χ2n) is 5.00. The third kappa shape index (κ3) is 2.68. The van der Waals surface area contributed by atoms with Gasteiger partial charge in [-0.3, -0.25) is 9.59 Å². The predicted octanol–water partition coefficient (Wildman–Crippen LogP) is -0.542. The summed E-state index contributed by atoms with van der Waals surface area (Å²) in [5.74, 6) is 0.301. The van der Waals surface area contributed by atoms with Crippen LogP contribution in [0.4, 0.5) is 11.6 Å².